The Kier molecular flexibility index (Phi) is 6.59. The van der Waals surface area contributed by atoms with Gasteiger partial charge in [0, 0.05) is 0 Å². The number of esters is 1. The first-order chi connectivity index (χ1) is 6.09. The zero-order valence-corrected chi connectivity index (χ0v) is 8.75. The fourth-order valence-corrected chi connectivity index (χ4v) is 0.853. The minimum absolute atomic E-state index is 0.300. The molecule has 0 aromatic rings. The van der Waals surface area contributed by atoms with E-state index in [1.54, 1.807) is 13.8 Å². The van der Waals surface area contributed by atoms with E-state index in [-0.39, 0.29) is 5.97 Å². The molecule has 0 fully saturated rings. The summed E-state index contributed by atoms with van der Waals surface area (Å²) in [5, 5.41) is 9.09. The van der Waals surface area contributed by atoms with Crippen molar-refractivity contribution in [2.75, 3.05) is 6.61 Å². The second-order valence-electron chi connectivity index (χ2n) is 3.40. The van der Waals surface area contributed by atoms with Gasteiger partial charge >= 0.3 is 5.97 Å². The normalized spacial score (nSPS) is 15.1. The van der Waals surface area contributed by atoms with Gasteiger partial charge in [-0.15, -0.1) is 0 Å². The lowest BCUT2D eigenvalue weighted by Gasteiger charge is -2.13. The van der Waals surface area contributed by atoms with Crippen LogP contribution in [0.15, 0.2) is 0 Å². The number of carbonyl (C=O) groups excluding carboxylic acids is 1. The topological polar surface area (TPSA) is 46.5 Å². The largest absolute Gasteiger partial charge is 0.465 e. The zero-order valence-electron chi connectivity index (χ0n) is 8.75. The van der Waals surface area contributed by atoms with Crippen molar-refractivity contribution in [3.63, 3.8) is 0 Å². The molecule has 2 atom stereocenters. The fourth-order valence-electron chi connectivity index (χ4n) is 0.853. The van der Waals surface area contributed by atoms with E-state index < -0.39 is 12.0 Å². The van der Waals surface area contributed by atoms with E-state index in [1.807, 2.05) is 0 Å². The number of ether oxygens (including phenoxy) is 1. The third-order valence-corrected chi connectivity index (χ3v) is 2.09. The van der Waals surface area contributed by atoms with Crippen LogP contribution in [0, 0.1) is 5.92 Å². The molecule has 13 heavy (non-hydrogen) atoms. The third-order valence-electron chi connectivity index (χ3n) is 2.09. The highest BCUT2D eigenvalue weighted by Gasteiger charge is 2.18. The average molecular weight is 188 g/mol. The number of rotatable bonds is 6. The molecular weight excluding hydrogens is 168 g/mol. The maximum Gasteiger partial charge on any atom is 0.311 e. The van der Waals surface area contributed by atoms with Crippen molar-refractivity contribution in [1.82, 2.24) is 0 Å². The van der Waals surface area contributed by atoms with Crippen LogP contribution in [-0.2, 0) is 9.53 Å². The lowest BCUT2D eigenvalue weighted by Crippen LogP contribution is -2.25. The monoisotopic (exact) mass is 188 g/mol. The molecule has 3 nitrogen and oxygen atoms in total. The van der Waals surface area contributed by atoms with Crippen molar-refractivity contribution in [3.05, 3.63) is 0 Å². The Hall–Kier alpha value is -0.570. The molecule has 0 bridgehead atoms. The van der Waals surface area contributed by atoms with Gasteiger partial charge in [-0.2, -0.15) is 0 Å². The van der Waals surface area contributed by atoms with Crippen LogP contribution in [0.1, 0.15) is 40.0 Å². The Balaban J connectivity index is 3.50. The van der Waals surface area contributed by atoms with Crippen LogP contribution < -0.4 is 0 Å². The van der Waals surface area contributed by atoms with Crippen LogP contribution in [0.25, 0.3) is 0 Å². The summed E-state index contributed by atoms with van der Waals surface area (Å²) in [4.78, 5) is 11.2. The molecule has 0 unspecified atom stereocenters. The second-order valence-corrected chi connectivity index (χ2v) is 3.40. The van der Waals surface area contributed by atoms with Gasteiger partial charge in [0.25, 0.3) is 0 Å². The molecule has 0 aliphatic carbocycles. The van der Waals surface area contributed by atoms with Gasteiger partial charge in [-0.25, -0.2) is 0 Å². The van der Waals surface area contributed by atoms with Crippen LogP contribution in [0.4, 0.5) is 0 Å². The molecule has 3 heteroatoms. The highest BCUT2D eigenvalue weighted by atomic mass is 16.5. The summed E-state index contributed by atoms with van der Waals surface area (Å²) in [5.74, 6) is -0.715. The van der Waals surface area contributed by atoms with E-state index in [0.717, 1.165) is 19.3 Å². The molecule has 0 saturated carbocycles. The summed E-state index contributed by atoms with van der Waals surface area (Å²) in [6, 6.07) is 0. The van der Waals surface area contributed by atoms with Gasteiger partial charge in [-0.3, -0.25) is 4.79 Å². The summed E-state index contributed by atoms with van der Waals surface area (Å²) < 4.78 is 4.97. The second kappa shape index (κ2) is 6.89. The van der Waals surface area contributed by atoms with Gasteiger partial charge in [-0.1, -0.05) is 19.8 Å². The van der Waals surface area contributed by atoms with Gasteiger partial charge in [0.1, 0.15) is 0 Å². The van der Waals surface area contributed by atoms with E-state index >= 15 is 0 Å². The average Bonchev–Trinajstić information content (AvgIpc) is 2.10. The molecule has 0 amide bonds. The molecule has 0 heterocycles. The highest BCUT2D eigenvalue weighted by molar-refractivity contribution is 5.72. The summed E-state index contributed by atoms with van der Waals surface area (Å²) in [6.07, 6.45) is 2.48. The van der Waals surface area contributed by atoms with Crippen molar-refractivity contribution in [3.8, 4) is 0 Å². The molecule has 0 aliphatic rings. The Labute approximate surface area is 80.1 Å². The summed E-state index contributed by atoms with van der Waals surface area (Å²) in [7, 11) is 0. The Morgan fingerprint density at radius 2 is 2.00 bits per heavy atom. The number of aliphatic hydroxyl groups excluding tert-OH is 1. The number of unbranched alkanes of at least 4 members (excludes halogenated alkanes) is 2. The lowest BCUT2D eigenvalue weighted by atomic mass is 10.1. The molecule has 1 N–H and O–H groups in total. The molecular formula is C10H20O3. The maximum atomic E-state index is 11.2. The van der Waals surface area contributed by atoms with Crippen LogP contribution in [-0.4, -0.2) is 23.8 Å². The van der Waals surface area contributed by atoms with Gasteiger partial charge in [0.15, 0.2) is 0 Å². The Morgan fingerprint density at radius 1 is 1.38 bits per heavy atom. The summed E-state index contributed by atoms with van der Waals surface area (Å²) in [5.41, 5.74) is 0. The molecule has 0 radical (unpaired) electrons. The standard InChI is InChI=1S/C10H20O3/c1-4-5-6-7-13-10(12)8(2)9(3)11/h8-9,11H,4-7H2,1-3H3/t8-,9-/m0/s1. The molecule has 0 aromatic heterocycles. The van der Waals surface area contributed by atoms with Crippen LogP contribution in [0.5, 0.6) is 0 Å². The van der Waals surface area contributed by atoms with Gasteiger partial charge in [-0.05, 0) is 20.3 Å². The first-order valence-corrected chi connectivity index (χ1v) is 4.94. The van der Waals surface area contributed by atoms with E-state index in [0.29, 0.717) is 6.61 Å². The number of carbonyl (C=O) groups is 1. The third kappa shape index (κ3) is 5.64. The van der Waals surface area contributed by atoms with Gasteiger partial charge in [0.05, 0.1) is 18.6 Å². The first-order valence-electron chi connectivity index (χ1n) is 4.94. The first kappa shape index (κ1) is 12.4. The predicted molar refractivity (Wildman–Crippen MR) is 51.3 cm³/mol. The maximum absolute atomic E-state index is 11.2. The number of hydrogen-bond donors (Lipinski definition) is 1. The van der Waals surface area contributed by atoms with Crippen LogP contribution in [0.2, 0.25) is 0 Å². The van der Waals surface area contributed by atoms with Crippen molar-refractivity contribution < 1.29 is 14.6 Å². The van der Waals surface area contributed by atoms with E-state index in [2.05, 4.69) is 6.92 Å². The molecule has 0 rings (SSSR count). The summed E-state index contributed by atoms with van der Waals surface area (Å²) >= 11 is 0. The van der Waals surface area contributed by atoms with Gasteiger partial charge in [0.2, 0.25) is 0 Å². The van der Waals surface area contributed by atoms with Crippen LogP contribution >= 0.6 is 0 Å². The number of aliphatic hydroxyl groups is 1. The molecule has 78 valence electrons. The van der Waals surface area contributed by atoms with Crippen molar-refractivity contribution in [1.29, 1.82) is 0 Å². The van der Waals surface area contributed by atoms with Gasteiger partial charge < -0.3 is 9.84 Å². The van der Waals surface area contributed by atoms with Crippen molar-refractivity contribution >= 4 is 5.97 Å². The predicted octanol–water partition coefficient (Wildman–Crippen LogP) is 1.74. The molecule has 0 saturated heterocycles. The van der Waals surface area contributed by atoms with E-state index in [1.165, 1.54) is 0 Å². The summed E-state index contributed by atoms with van der Waals surface area (Å²) in [6.45, 7) is 5.84. The SMILES string of the molecule is CCCCCOC(=O)[C@@H](C)[C@H](C)O. The molecule has 0 aromatic carbocycles. The quantitative estimate of drug-likeness (QED) is 0.510. The van der Waals surface area contributed by atoms with Crippen LogP contribution in [0.3, 0.4) is 0 Å². The number of hydrogen-bond acceptors (Lipinski definition) is 3. The van der Waals surface area contributed by atoms with Crippen molar-refractivity contribution in [2.24, 2.45) is 5.92 Å². The van der Waals surface area contributed by atoms with E-state index in [9.17, 15) is 4.79 Å². The van der Waals surface area contributed by atoms with E-state index in [4.69, 9.17) is 9.84 Å². The lowest BCUT2D eigenvalue weighted by molar-refractivity contribution is -0.151. The smallest absolute Gasteiger partial charge is 0.311 e. The molecule has 0 spiro atoms. The van der Waals surface area contributed by atoms with Crippen molar-refractivity contribution in [2.45, 2.75) is 46.1 Å². The zero-order chi connectivity index (χ0) is 10.3. The Morgan fingerprint density at radius 3 is 2.46 bits per heavy atom. The minimum atomic E-state index is -0.626. The fraction of sp³-hybridized carbons (Fsp3) is 0.900. The minimum Gasteiger partial charge on any atom is -0.465 e. The highest BCUT2D eigenvalue weighted by Crippen LogP contribution is 2.05. The molecule has 0 aliphatic heterocycles. The Bertz CT molecular complexity index is 143.